The van der Waals surface area contributed by atoms with Crippen LogP contribution in [0.15, 0.2) is 30.1 Å². The minimum absolute atomic E-state index is 0.110. The molecular weight excluding hydrogens is 368 g/mol. The lowest BCUT2D eigenvalue weighted by Crippen LogP contribution is -2.20. The molecule has 0 saturated heterocycles. The van der Waals surface area contributed by atoms with Gasteiger partial charge in [0.15, 0.2) is 5.82 Å². The molecule has 2 aromatic heterocycles. The van der Waals surface area contributed by atoms with Crippen molar-refractivity contribution < 1.29 is 5.11 Å². The van der Waals surface area contributed by atoms with E-state index < -0.39 is 6.10 Å². The van der Waals surface area contributed by atoms with E-state index in [-0.39, 0.29) is 6.04 Å². The number of nitrogens with zero attached hydrogens (tertiary/aromatic N) is 2. The van der Waals surface area contributed by atoms with E-state index in [0.717, 1.165) is 27.6 Å². The zero-order chi connectivity index (χ0) is 20.1. The molecule has 3 rings (SSSR count). The van der Waals surface area contributed by atoms with E-state index in [4.69, 9.17) is 4.98 Å². The molecule has 6 heteroatoms. The van der Waals surface area contributed by atoms with Crippen LogP contribution >= 0.6 is 11.3 Å². The molecule has 0 bridgehead atoms. The molecule has 2 aromatic rings. The Hall–Kier alpha value is -2.36. The number of anilines is 1. The van der Waals surface area contributed by atoms with Crippen LogP contribution in [0.1, 0.15) is 49.7 Å². The van der Waals surface area contributed by atoms with Crippen LogP contribution in [-0.4, -0.2) is 28.2 Å². The summed E-state index contributed by atoms with van der Waals surface area (Å²) >= 11 is 1.52. The summed E-state index contributed by atoms with van der Waals surface area (Å²) in [5, 5.41) is 16.6. The fourth-order valence-corrected chi connectivity index (χ4v) is 3.77. The van der Waals surface area contributed by atoms with Gasteiger partial charge in [-0.05, 0) is 50.8 Å². The quantitative estimate of drug-likeness (QED) is 0.610. The Bertz CT molecular complexity index is 903. The third-order valence-electron chi connectivity index (χ3n) is 4.61. The van der Waals surface area contributed by atoms with Gasteiger partial charge in [-0.2, -0.15) is 0 Å². The van der Waals surface area contributed by atoms with Crippen molar-refractivity contribution >= 4 is 17.2 Å². The molecule has 2 heterocycles. The largest absolute Gasteiger partial charge is 0.391 e. The Kier molecular flexibility index (Phi) is 6.71. The SMILES string of the molecule is CCC#CC(/C=C(\NC)C1CC1)Nc1nc(-c2ccc(C(C)O)s2)ncc1C. The minimum atomic E-state index is -0.483. The Morgan fingerprint density at radius 3 is 2.82 bits per heavy atom. The van der Waals surface area contributed by atoms with Gasteiger partial charge in [-0.1, -0.05) is 12.8 Å². The van der Waals surface area contributed by atoms with Crippen LogP contribution in [0.3, 0.4) is 0 Å². The van der Waals surface area contributed by atoms with Gasteiger partial charge in [-0.25, -0.2) is 9.97 Å². The fourth-order valence-electron chi connectivity index (χ4n) is 2.88. The first kappa shape index (κ1) is 20.4. The summed E-state index contributed by atoms with van der Waals surface area (Å²) in [5.41, 5.74) is 2.22. The van der Waals surface area contributed by atoms with Crippen LogP contribution < -0.4 is 10.6 Å². The Labute approximate surface area is 171 Å². The summed E-state index contributed by atoms with van der Waals surface area (Å²) in [5.74, 6) is 8.56. The Balaban J connectivity index is 1.87. The molecular formula is C22H28N4OS. The van der Waals surface area contributed by atoms with Gasteiger partial charge in [0.05, 0.1) is 11.0 Å². The molecule has 1 aliphatic carbocycles. The smallest absolute Gasteiger partial charge is 0.171 e. The minimum Gasteiger partial charge on any atom is -0.391 e. The van der Waals surface area contributed by atoms with Crippen LogP contribution in [0.5, 0.6) is 0 Å². The monoisotopic (exact) mass is 396 g/mol. The molecule has 1 aliphatic rings. The summed E-state index contributed by atoms with van der Waals surface area (Å²) in [7, 11) is 1.97. The van der Waals surface area contributed by atoms with Gasteiger partial charge in [-0.3, -0.25) is 0 Å². The normalized spacial score (nSPS) is 16.1. The van der Waals surface area contributed by atoms with Crippen molar-refractivity contribution in [2.45, 2.75) is 52.2 Å². The first-order valence-electron chi connectivity index (χ1n) is 9.78. The van der Waals surface area contributed by atoms with Crippen molar-refractivity contribution in [2.24, 2.45) is 5.92 Å². The Morgan fingerprint density at radius 1 is 1.43 bits per heavy atom. The van der Waals surface area contributed by atoms with Gasteiger partial charge in [0, 0.05) is 35.8 Å². The summed E-state index contributed by atoms with van der Waals surface area (Å²) in [6, 6.07) is 3.77. The number of aliphatic hydroxyl groups is 1. The number of thiophene rings is 1. The van der Waals surface area contributed by atoms with E-state index in [2.05, 4.69) is 40.5 Å². The predicted octanol–water partition coefficient (Wildman–Crippen LogP) is 4.27. The molecule has 5 nitrogen and oxygen atoms in total. The maximum Gasteiger partial charge on any atom is 0.171 e. The van der Waals surface area contributed by atoms with Gasteiger partial charge in [0.25, 0.3) is 0 Å². The number of nitrogens with one attached hydrogen (secondary N) is 2. The second kappa shape index (κ2) is 9.22. The van der Waals surface area contributed by atoms with Gasteiger partial charge < -0.3 is 15.7 Å². The van der Waals surface area contributed by atoms with Crippen molar-refractivity contribution in [1.29, 1.82) is 0 Å². The lowest BCUT2D eigenvalue weighted by Gasteiger charge is -2.15. The van der Waals surface area contributed by atoms with Crippen LogP contribution in [-0.2, 0) is 0 Å². The highest BCUT2D eigenvalue weighted by Crippen LogP contribution is 2.35. The summed E-state index contributed by atoms with van der Waals surface area (Å²) < 4.78 is 0. The average Bonchev–Trinajstić information content (AvgIpc) is 3.40. The van der Waals surface area contributed by atoms with Gasteiger partial charge in [0.2, 0.25) is 0 Å². The topological polar surface area (TPSA) is 70.1 Å². The molecule has 1 saturated carbocycles. The standard InChI is InChI=1S/C22H28N4OS/c1-5-6-7-17(12-18(23-4)16-8-9-16)25-21-14(2)13-24-22(26-21)20-11-10-19(28-20)15(3)27/h10-13,15-17,23,27H,5,8-9H2,1-4H3,(H,24,25,26)/b18-12-. The van der Waals surface area contributed by atoms with Crippen molar-refractivity contribution in [1.82, 2.24) is 15.3 Å². The highest BCUT2D eigenvalue weighted by molar-refractivity contribution is 7.15. The van der Waals surface area contributed by atoms with E-state index in [1.54, 1.807) is 6.92 Å². The number of aliphatic hydroxyl groups excluding tert-OH is 1. The third kappa shape index (κ3) is 5.12. The number of rotatable bonds is 7. The van der Waals surface area contributed by atoms with E-state index in [1.807, 2.05) is 32.3 Å². The number of allylic oxidation sites excluding steroid dienone is 1. The van der Waals surface area contributed by atoms with Crippen LogP contribution in [0.2, 0.25) is 0 Å². The highest BCUT2D eigenvalue weighted by Gasteiger charge is 2.26. The molecule has 0 amide bonds. The summed E-state index contributed by atoms with van der Waals surface area (Å²) in [6.07, 6.45) is 6.82. The predicted molar refractivity (Wildman–Crippen MR) is 116 cm³/mol. The lowest BCUT2D eigenvalue weighted by atomic mass is 10.1. The summed E-state index contributed by atoms with van der Waals surface area (Å²) in [4.78, 5) is 11.1. The van der Waals surface area contributed by atoms with Gasteiger partial charge >= 0.3 is 0 Å². The maximum atomic E-state index is 9.77. The zero-order valence-corrected chi connectivity index (χ0v) is 17.7. The highest BCUT2D eigenvalue weighted by atomic mass is 32.1. The number of hydrogen-bond donors (Lipinski definition) is 3. The lowest BCUT2D eigenvalue weighted by molar-refractivity contribution is 0.203. The second-order valence-electron chi connectivity index (χ2n) is 7.05. The molecule has 148 valence electrons. The van der Waals surface area contributed by atoms with Gasteiger partial charge in [-0.15, -0.1) is 17.3 Å². The van der Waals surface area contributed by atoms with Crippen molar-refractivity contribution in [2.75, 3.05) is 12.4 Å². The molecule has 2 atom stereocenters. The number of hydrogen-bond acceptors (Lipinski definition) is 6. The van der Waals surface area contributed by atoms with Crippen LogP contribution in [0.25, 0.3) is 10.7 Å². The zero-order valence-electron chi connectivity index (χ0n) is 16.9. The average molecular weight is 397 g/mol. The molecule has 0 aromatic carbocycles. The Morgan fingerprint density at radius 2 is 2.21 bits per heavy atom. The van der Waals surface area contributed by atoms with Crippen LogP contribution in [0, 0.1) is 24.7 Å². The van der Waals surface area contributed by atoms with E-state index in [9.17, 15) is 5.11 Å². The second-order valence-corrected chi connectivity index (χ2v) is 8.16. The number of aryl methyl sites for hydroxylation is 1. The molecule has 0 spiro atoms. The molecule has 28 heavy (non-hydrogen) atoms. The van der Waals surface area contributed by atoms with Crippen LogP contribution in [0.4, 0.5) is 5.82 Å². The molecule has 0 radical (unpaired) electrons. The summed E-state index contributed by atoms with van der Waals surface area (Å²) in [6.45, 7) is 5.81. The van der Waals surface area contributed by atoms with Gasteiger partial charge in [0.1, 0.15) is 11.9 Å². The van der Waals surface area contributed by atoms with E-state index >= 15 is 0 Å². The van der Waals surface area contributed by atoms with E-state index in [1.165, 1.54) is 29.9 Å². The molecule has 0 aliphatic heterocycles. The number of aromatic nitrogens is 2. The van der Waals surface area contributed by atoms with E-state index in [0.29, 0.717) is 11.7 Å². The molecule has 3 N–H and O–H groups in total. The molecule has 1 fully saturated rings. The fraction of sp³-hybridized carbons (Fsp3) is 0.455. The van der Waals surface area contributed by atoms with Crippen molar-refractivity contribution in [3.05, 3.63) is 40.5 Å². The maximum absolute atomic E-state index is 9.77. The first-order valence-corrected chi connectivity index (χ1v) is 10.6. The molecule has 2 unspecified atom stereocenters. The third-order valence-corrected chi connectivity index (χ3v) is 5.86. The first-order chi connectivity index (χ1) is 13.5. The van der Waals surface area contributed by atoms with Crippen molar-refractivity contribution in [3.63, 3.8) is 0 Å². The van der Waals surface area contributed by atoms with Crippen molar-refractivity contribution in [3.8, 4) is 22.5 Å².